The standard InChI is InChI=1S/C31H40N8O4/c1-31(2,3)22-10-6-20(7-11-22)29(42)39-14-4-5-24(19-39)34-30-35-27(25(26(32)40)36-37-30)33-23-12-8-21(9-13-23)28(41)38-15-17-43-18-16-38/h6-13,24,30,34,37H,4-5,14-19H2,1-3H3,(H2,32,40)(H,33,35)/t24-,30?/m1/s1. The maximum atomic E-state index is 13.3. The Kier molecular flexibility index (Phi) is 9.07. The highest BCUT2D eigenvalue weighted by Gasteiger charge is 2.29. The molecule has 0 aromatic heterocycles. The number of amides is 3. The summed E-state index contributed by atoms with van der Waals surface area (Å²) in [7, 11) is 0. The number of morpholine rings is 1. The Labute approximate surface area is 251 Å². The number of primary amides is 1. The lowest BCUT2D eigenvalue weighted by Crippen LogP contribution is -2.55. The Morgan fingerprint density at radius 2 is 1.56 bits per heavy atom. The van der Waals surface area contributed by atoms with Crippen molar-refractivity contribution in [3.05, 3.63) is 65.2 Å². The van der Waals surface area contributed by atoms with E-state index in [-0.39, 0.29) is 34.8 Å². The van der Waals surface area contributed by atoms with Crippen LogP contribution in [0.5, 0.6) is 0 Å². The predicted octanol–water partition coefficient (Wildman–Crippen LogP) is 1.89. The van der Waals surface area contributed by atoms with Crippen molar-refractivity contribution in [3.8, 4) is 0 Å². The molecule has 2 atom stereocenters. The summed E-state index contributed by atoms with van der Waals surface area (Å²) in [5.41, 5.74) is 11.4. The molecule has 0 radical (unpaired) electrons. The average molecular weight is 589 g/mol. The molecule has 228 valence electrons. The number of nitrogens with two attached hydrogens (primary N) is 1. The fourth-order valence-electron chi connectivity index (χ4n) is 5.33. The van der Waals surface area contributed by atoms with Gasteiger partial charge in [-0.15, -0.1) is 0 Å². The molecule has 0 bridgehead atoms. The van der Waals surface area contributed by atoms with Crippen molar-refractivity contribution in [2.24, 2.45) is 15.8 Å². The van der Waals surface area contributed by atoms with E-state index in [9.17, 15) is 14.4 Å². The van der Waals surface area contributed by atoms with Crippen molar-refractivity contribution in [1.82, 2.24) is 20.5 Å². The number of ether oxygens (including phenoxy) is 1. The molecule has 12 nitrogen and oxygen atoms in total. The molecule has 3 amide bonds. The molecule has 0 spiro atoms. The number of likely N-dealkylation sites (tertiary alicyclic amines) is 1. The minimum atomic E-state index is -0.733. The summed E-state index contributed by atoms with van der Waals surface area (Å²) in [5.74, 6) is -0.583. The largest absolute Gasteiger partial charge is 0.378 e. The Morgan fingerprint density at radius 3 is 2.19 bits per heavy atom. The molecule has 2 saturated heterocycles. The highest BCUT2D eigenvalue weighted by molar-refractivity contribution is 6.68. The second-order valence-electron chi connectivity index (χ2n) is 12.0. The van der Waals surface area contributed by atoms with E-state index in [1.807, 2.05) is 29.2 Å². The van der Waals surface area contributed by atoms with Crippen LogP contribution in [-0.4, -0.2) is 90.8 Å². The van der Waals surface area contributed by atoms with Crippen molar-refractivity contribution >= 4 is 35.0 Å². The van der Waals surface area contributed by atoms with E-state index >= 15 is 0 Å². The SMILES string of the molecule is CC(C)(C)c1ccc(C(=O)N2CCC[C@@H](NC3N=C(Nc4ccc(C(=O)N5CCOCC5)cc4)C(C(N)=O)=NN3)C2)cc1. The molecule has 2 fully saturated rings. The van der Waals surface area contributed by atoms with Gasteiger partial charge in [0.05, 0.1) is 13.2 Å². The van der Waals surface area contributed by atoms with Gasteiger partial charge in [-0.2, -0.15) is 5.10 Å². The monoisotopic (exact) mass is 588 g/mol. The zero-order valence-electron chi connectivity index (χ0n) is 24.9. The van der Waals surface area contributed by atoms with Crippen LogP contribution in [0.15, 0.2) is 58.6 Å². The Bertz CT molecular complexity index is 1390. The number of anilines is 1. The normalized spacial score (nSPS) is 20.9. The van der Waals surface area contributed by atoms with Gasteiger partial charge in [0, 0.05) is 49.0 Å². The third-order valence-electron chi connectivity index (χ3n) is 7.81. The number of nitrogens with zero attached hydrogens (tertiary/aromatic N) is 4. The molecular formula is C31H40N8O4. The summed E-state index contributed by atoms with van der Waals surface area (Å²) >= 11 is 0. The van der Waals surface area contributed by atoms with Crippen LogP contribution in [0.3, 0.4) is 0 Å². The lowest BCUT2D eigenvalue weighted by Gasteiger charge is -2.35. The topological polar surface area (TPSA) is 154 Å². The molecule has 3 aliphatic rings. The maximum absolute atomic E-state index is 13.3. The van der Waals surface area contributed by atoms with Gasteiger partial charge in [0.25, 0.3) is 17.7 Å². The van der Waals surface area contributed by atoms with Crippen molar-refractivity contribution < 1.29 is 19.1 Å². The molecule has 5 N–H and O–H groups in total. The van der Waals surface area contributed by atoms with E-state index < -0.39 is 12.2 Å². The number of rotatable bonds is 6. The molecule has 0 saturated carbocycles. The van der Waals surface area contributed by atoms with E-state index in [4.69, 9.17) is 10.5 Å². The highest BCUT2D eigenvalue weighted by Crippen LogP contribution is 2.23. The van der Waals surface area contributed by atoms with Gasteiger partial charge in [0.15, 0.2) is 17.8 Å². The molecule has 2 aromatic rings. The molecule has 1 unspecified atom stereocenters. The van der Waals surface area contributed by atoms with Crippen LogP contribution in [0.1, 0.15) is 59.9 Å². The number of hydrogen-bond acceptors (Lipinski definition) is 9. The van der Waals surface area contributed by atoms with Gasteiger partial charge in [0.2, 0.25) is 0 Å². The molecule has 2 aromatic carbocycles. The maximum Gasteiger partial charge on any atom is 0.272 e. The Hall–Kier alpha value is -4.29. The van der Waals surface area contributed by atoms with Gasteiger partial charge in [-0.05, 0) is 60.2 Å². The number of hydrogen-bond donors (Lipinski definition) is 4. The Balaban J connectivity index is 1.22. The molecule has 5 rings (SSSR count). The van der Waals surface area contributed by atoms with E-state index in [2.05, 4.69) is 46.9 Å². The number of carbonyl (C=O) groups is 3. The van der Waals surface area contributed by atoms with Crippen LogP contribution in [0.2, 0.25) is 0 Å². The van der Waals surface area contributed by atoms with Crippen LogP contribution >= 0.6 is 0 Å². The van der Waals surface area contributed by atoms with E-state index in [1.54, 1.807) is 29.2 Å². The summed E-state index contributed by atoms with van der Waals surface area (Å²) in [6, 6.07) is 14.7. The number of amidine groups is 1. The smallest absolute Gasteiger partial charge is 0.272 e. The fraction of sp³-hybridized carbons (Fsp3) is 0.452. The third kappa shape index (κ3) is 7.38. The number of hydrazone groups is 1. The van der Waals surface area contributed by atoms with Gasteiger partial charge in [-0.3, -0.25) is 25.1 Å². The van der Waals surface area contributed by atoms with E-state index in [1.165, 1.54) is 5.56 Å². The van der Waals surface area contributed by atoms with Crippen LogP contribution < -0.4 is 21.8 Å². The first-order valence-corrected chi connectivity index (χ1v) is 14.7. The fourth-order valence-corrected chi connectivity index (χ4v) is 5.33. The number of benzene rings is 2. The van der Waals surface area contributed by atoms with Crippen molar-refractivity contribution in [1.29, 1.82) is 0 Å². The van der Waals surface area contributed by atoms with Crippen molar-refractivity contribution in [2.45, 2.75) is 51.4 Å². The van der Waals surface area contributed by atoms with Gasteiger partial charge in [0.1, 0.15) is 0 Å². The summed E-state index contributed by atoms with van der Waals surface area (Å²) in [5, 5.41) is 10.7. The molecule has 12 heteroatoms. The lowest BCUT2D eigenvalue weighted by atomic mass is 9.86. The number of aliphatic imine (C=N–C) groups is 1. The third-order valence-corrected chi connectivity index (χ3v) is 7.81. The van der Waals surface area contributed by atoms with Crippen molar-refractivity contribution in [3.63, 3.8) is 0 Å². The second kappa shape index (κ2) is 12.9. The zero-order valence-corrected chi connectivity index (χ0v) is 24.9. The predicted molar refractivity (Wildman–Crippen MR) is 165 cm³/mol. The van der Waals surface area contributed by atoms with Crippen molar-refractivity contribution in [2.75, 3.05) is 44.7 Å². The van der Waals surface area contributed by atoms with Crippen LogP contribution in [-0.2, 0) is 14.9 Å². The summed E-state index contributed by atoms with van der Waals surface area (Å²) in [6.07, 6.45) is 1.06. The quantitative estimate of drug-likeness (QED) is 0.402. The highest BCUT2D eigenvalue weighted by atomic mass is 16.5. The minimum Gasteiger partial charge on any atom is -0.378 e. The number of nitrogens with one attached hydrogen (secondary N) is 3. The molecule has 3 heterocycles. The average Bonchev–Trinajstić information content (AvgIpc) is 3.01. The van der Waals surface area contributed by atoms with E-state index in [0.29, 0.717) is 56.2 Å². The molecular weight excluding hydrogens is 548 g/mol. The first-order valence-electron chi connectivity index (χ1n) is 14.7. The van der Waals surface area contributed by atoms with Gasteiger partial charge < -0.3 is 25.6 Å². The Morgan fingerprint density at radius 1 is 0.930 bits per heavy atom. The number of piperidine rings is 1. The molecule has 43 heavy (non-hydrogen) atoms. The first kappa shape index (κ1) is 30.2. The van der Waals surface area contributed by atoms with Crippen LogP contribution in [0, 0.1) is 0 Å². The first-order chi connectivity index (χ1) is 20.6. The lowest BCUT2D eigenvalue weighted by molar-refractivity contribution is -0.111. The number of carbonyl (C=O) groups excluding carboxylic acids is 3. The van der Waals surface area contributed by atoms with Crippen LogP contribution in [0.4, 0.5) is 5.69 Å². The summed E-state index contributed by atoms with van der Waals surface area (Å²) in [4.78, 5) is 46.4. The summed E-state index contributed by atoms with van der Waals surface area (Å²) < 4.78 is 5.33. The molecule has 3 aliphatic heterocycles. The summed E-state index contributed by atoms with van der Waals surface area (Å²) in [6.45, 7) is 9.83. The van der Waals surface area contributed by atoms with Gasteiger partial charge >= 0.3 is 0 Å². The minimum absolute atomic E-state index is 0.000923. The van der Waals surface area contributed by atoms with Gasteiger partial charge in [-0.25, -0.2) is 4.99 Å². The van der Waals surface area contributed by atoms with Crippen LogP contribution in [0.25, 0.3) is 0 Å². The second-order valence-corrected chi connectivity index (χ2v) is 12.0. The van der Waals surface area contributed by atoms with Gasteiger partial charge in [-0.1, -0.05) is 32.9 Å². The zero-order chi connectivity index (χ0) is 30.6. The van der Waals surface area contributed by atoms with E-state index in [0.717, 1.165) is 12.8 Å². The molecule has 0 aliphatic carbocycles.